The smallest absolute Gasteiger partial charge is 0.335 e. The third-order valence-electron chi connectivity index (χ3n) is 6.65. The normalized spacial score (nSPS) is 14.9. The number of nitrogens with zero attached hydrogens (tertiary/aromatic N) is 3. The molecule has 0 bridgehead atoms. The van der Waals surface area contributed by atoms with Crippen molar-refractivity contribution < 1.29 is 19.4 Å². The van der Waals surface area contributed by atoms with Gasteiger partial charge in [-0.05, 0) is 42.5 Å². The van der Waals surface area contributed by atoms with Crippen molar-refractivity contribution in [1.82, 2.24) is 5.01 Å². The molecule has 2 heterocycles. The lowest BCUT2D eigenvalue weighted by Gasteiger charge is -2.41. The Hall–Kier alpha value is -5.44. The van der Waals surface area contributed by atoms with E-state index >= 15 is 0 Å². The number of amides is 1. The molecule has 1 spiro atoms. The first-order valence-electron chi connectivity index (χ1n) is 11.7. The second-order valence-corrected chi connectivity index (χ2v) is 8.88. The average molecular weight is 504 g/mol. The van der Waals surface area contributed by atoms with E-state index in [9.17, 15) is 9.59 Å². The molecule has 0 saturated carbocycles. The number of nitrogens with two attached hydrogens (primary N) is 2. The van der Waals surface area contributed by atoms with E-state index < -0.39 is 11.5 Å². The van der Waals surface area contributed by atoms with Crippen LogP contribution in [0, 0.1) is 0 Å². The number of ether oxygens (including phenoxy) is 1. The maximum absolute atomic E-state index is 13.8. The van der Waals surface area contributed by atoms with Gasteiger partial charge in [0, 0.05) is 52.0 Å². The monoisotopic (exact) mass is 503 g/mol. The molecular formula is C29H21N5O4. The van der Waals surface area contributed by atoms with Crippen molar-refractivity contribution in [3.63, 3.8) is 0 Å². The van der Waals surface area contributed by atoms with Gasteiger partial charge >= 0.3 is 5.97 Å². The topological polar surface area (TPSA) is 144 Å². The zero-order valence-electron chi connectivity index (χ0n) is 19.9. The molecule has 0 aliphatic carbocycles. The lowest BCUT2D eigenvalue weighted by atomic mass is 9.75. The fourth-order valence-electron chi connectivity index (χ4n) is 5.04. The van der Waals surface area contributed by atoms with Gasteiger partial charge in [-0.3, -0.25) is 9.79 Å². The number of nitrogen functional groups attached to an aromatic ring is 2. The van der Waals surface area contributed by atoms with Crippen LogP contribution in [-0.2, 0) is 5.54 Å². The summed E-state index contributed by atoms with van der Waals surface area (Å²) < 4.78 is 6.22. The van der Waals surface area contributed by atoms with E-state index in [1.165, 1.54) is 29.6 Å². The summed E-state index contributed by atoms with van der Waals surface area (Å²) in [5, 5.41) is 15.1. The van der Waals surface area contributed by atoms with Gasteiger partial charge in [0.15, 0.2) is 0 Å². The van der Waals surface area contributed by atoms with Gasteiger partial charge in [-0.15, -0.1) is 0 Å². The first-order valence-corrected chi connectivity index (χ1v) is 11.7. The summed E-state index contributed by atoms with van der Waals surface area (Å²) in [6.45, 7) is 0. The van der Waals surface area contributed by atoms with Gasteiger partial charge in [0.25, 0.3) is 5.91 Å². The summed E-state index contributed by atoms with van der Waals surface area (Å²) in [4.78, 5) is 29.2. The number of fused-ring (bicyclic) bond motifs is 6. The molecule has 0 aromatic heterocycles. The van der Waals surface area contributed by atoms with Crippen LogP contribution in [0.2, 0.25) is 0 Å². The molecule has 9 heteroatoms. The Morgan fingerprint density at radius 3 is 2.11 bits per heavy atom. The minimum atomic E-state index is -1.13. The molecule has 2 aliphatic heterocycles. The molecule has 38 heavy (non-hydrogen) atoms. The lowest BCUT2D eigenvalue weighted by molar-refractivity contribution is 0.0672. The van der Waals surface area contributed by atoms with E-state index in [-0.39, 0.29) is 11.5 Å². The van der Waals surface area contributed by atoms with E-state index in [4.69, 9.17) is 21.3 Å². The van der Waals surface area contributed by atoms with E-state index in [0.717, 1.165) is 5.56 Å². The number of carboxylic acid groups (broad SMARTS) is 1. The third-order valence-corrected chi connectivity index (χ3v) is 6.65. The van der Waals surface area contributed by atoms with Crippen molar-refractivity contribution in [2.24, 2.45) is 10.1 Å². The highest BCUT2D eigenvalue weighted by molar-refractivity contribution is 6.17. The number of aromatic carboxylic acids is 1. The maximum Gasteiger partial charge on any atom is 0.335 e. The standard InChI is InChI=1S/C29H21N5O4/c30-18-7-11-23-25(15-18)38-26-16-19(31)8-12-24(26)29(23)22-4-2-1-3-21(22)27(35)34(29)33-14-13-32-20-9-5-17(6-10-20)28(36)37/h1-16H,30-31H2,(H,36,37)/b32-13+,33-14+. The van der Waals surface area contributed by atoms with Gasteiger partial charge in [0.1, 0.15) is 17.0 Å². The first-order chi connectivity index (χ1) is 18.4. The highest BCUT2D eigenvalue weighted by Gasteiger charge is 2.56. The molecule has 0 saturated heterocycles. The number of hydrogen-bond acceptors (Lipinski definition) is 7. The second kappa shape index (κ2) is 8.59. The van der Waals surface area contributed by atoms with Crippen LogP contribution in [0.5, 0.6) is 11.5 Å². The van der Waals surface area contributed by atoms with Crippen LogP contribution >= 0.6 is 0 Å². The fraction of sp³-hybridized carbons (Fsp3) is 0.0345. The number of carbonyl (C=O) groups excluding carboxylic acids is 1. The minimum Gasteiger partial charge on any atom is -0.478 e. The summed E-state index contributed by atoms with van der Waals surface area (Å²) >= 11 is 0. The fourth-order valence-corrected chi connectivity index (χ4v) is 5.04. The molecule has 2 aliphatic rings. The van der Waals surface area contributed by atoms with Crippen molar-refractivity contribution in [3.8, 4) is 11.5 Å². The predicted molar refractivity (Wildman–Crippen MR) is 144 cm³/mol. The number of benzene rings is 4. The minimum absolute atomic E-state index is 0.165. The Morgan fingerprint density at radius 1 is 0.842 bits per heavy atom. The van der Waals surface area contributed by atoms with E-state index in [1.807, 2.05) is 30.3 Å². The zero-order chi connectivity index (χ0) is 26.4. The Balaban J connectivity index is 1.50. The summed E-state index contributed by atoms with van der Waals surface area (Å²) in [5.74, 6) is -0.302. The molecule has 186 valence electrons. The molecule has 9 nitrogen and oxygen atoms in total. The average Bonchev–Trinajstić information content (AvgIpc) is 3.15. The van der Waals surface area contributed by atoms with Gasteiger partial charge in [-0.25, -0.2) is 9.80 Å². The second-order valence-electron chi connectivity index (χ2n) is 8.88. The lowest BCUT2D eigenvalue weighted by Crippen LogP contribution is -2.44. The summed E-state index contributed by atoms with van der Waals surface area (Å²) in [5.41, 5.74) is 15.5. The number of hydrazone groups is 1. The van der Waals surface area contributed by atoms with E-state index in [0.29, 0.717) is 45.3 Å². The summed E-state index contributed by atoms with van der Waals surface area (Å²) in [7, 11) is 0. The molecular weight excluding hydrogens is 482 g/mol. The van der Waals surface area contributed by atoms with Crippen LogP contribution in [0.1, 0.15) is 37.4 Å². The number of anilines is 2. The molecule has 0 radical (unpaired) electrons. The number of rotatable bonds is 4. The number of hydrogen-bond donors (Lipinski definition) is 3. The zero-order valence-corrected chi connectivity index (χ0v) is 19.9. The van der Waals surface area contributed by atoms with E-state index in [1.54, 1.807) is 42.5 Å². The third kappa shape index (κ3) is 3.40. The van der Waals surface area contributed by atoms with Gasteiger partial charge in [-0.2, -0.15) is 5.10 Å². The molecule has 1 amide bonds. The predicted octanol–water partition coefficient (Wildman–Crippen LogP) is 4.79. The first kappa shape index (κ1) is 23.0. The van der Waals surface area contributed by atoms with Crippen LogP contribution in [0.15, 0.2) is 95.0 Å². The molecule has 5 N–H and O–H groups in total. The largest absolute Gasteiger partial charge is 0.478 e. The molecule has 4 aromatic rings. The van der Waals surface area contributed by atoms with Crippen LogP contribution in [-0.4, -0.2) is 34.4 Å². The SMILES string of the molecule is Nc1ccc2c(c1)Oc1cc(N)ccc1C21c2ccccc2C(=O)N1/N=C/C=N/c1ccc(C(=O)O)cc1. The van der Waals surface area contributed by atoms with Gasteiger partial charge in [0.05, 0.1) is 17.5 Å². The number of aliphatic imine (C=N–C) groups is 1. The summed E-state index contributed by atoms with van der Waals surface area (Å²) in [6.07, 6.45) is 2.88. The van der Waals surface area contributed by atoms with Crippen molar-refractivity contribution in [2.75, 3.05) is 11.5 Å². The quantitative estimate of drug-likeness (QED) is 0.270. The number of carbonyl (C=O) groups is 2. The van der Waals surface area contributed by atoms with E-state index in [2.05, 4.69) is 10.1 Å². The molecule has 0 unspecified atom stereocenters. The number of carboxylic acids is 1. The molecule has 0 atom stereocenters. The van der Waals surface area contributed by atoms with Crippen molar-refractivity contribution in [2.45, 2.75) is 5.54 Å². The summed E-state index contributed by atoms with van der Waals surface area (Å²) in [6, 6.07) is 24.2. The van der Waals surface area contributed by atoms with Gasteiger partial charge in [-0.1, -0.05) is 30.3 Å². The Kier molecular flexibility index (Phi) is 5.20. The van der Waals surface area contributed by atoms with Crippen molar-refractivity contribution in [3.05, 3.63) is 113 Å². The van der Waals surface area contributed by atoms with Crippen LogP contribution in [0.25, 0.3) is 0 Å². The molecule has 6 rings (SSSR count). The van der Waals surface area contributed by atoms with Crippen LogP contribution in [0.3, 0.4) is 0 Å². The molecule has 0 fully saturated rings. The Bertz CT molecular complexity index is 1630. The van der Waals surface area contributed by atoms with Crippen molar-refractivity contribution >= 4 is 41.4 Å². The van der Waals surface area contributed by atoms with Gasteiger partial charge < -0.3 is 21.3 Å². The van der Waals surface area contributed by atoms with Crippen LogP contribution < -0.4 is 16.2 Å². The van der Waals surface area contributed by atoms with Gasteiger partial charge in [0.2, 0.25) is 0 Å². The van der Waals surface area contributed by atoms with Crippen molar-refractivity contribution in [1.29, 1.82) is 0 Å². The highest BCUT2D eigenvalue weighted by atomic mass is 16.5. The maximum atomic E-state index is 13.8. The highest BCUT2D eigenvalue weighted by Crippen LogP contribution is 2.57. The molecule has 4 aromatic carbocycles. The Labute approximate surface area is 217 Å². The van der Waals surface area contributed by atoms with Crippen LogP contribution in [0.4, 0.5) is 17.1 Å². The Morgan fingerprint density at radius 2 is 1.47 bits per heavy atom.